The minimum Gasteiger partial charge on any atom is -0.497 e. The molecule has 1 saturated heterocycles. The van der Waals surface area contributed by atoms with E-state index in [1.165, 1.54) is 0 Å². The number of thiocarbonyl (C=S) groups is 1. The molecule has 0 aliphatic carbocycles. The second-order valence-corrected chi connectivity index (χ2v) is 6.50. The number of nitrogens with zero attached hydrogens (tertiary/aromatic N) is 2. The van der Waals surface area contributed by atoms with E-state index in [1.54, 1.807) is 38.3 Å². The molecule has 1 aromatic rings. The third-order valence-electron chi connectivity index (χ3n) is 3.92. The van der Waals surface area contributed by atoms with Gasteiger partial charge in [0.1, 0.15) is 11.3 Å². The molecule has 0 saturated carbocycles. The molecule has 0 bridgehead atoms. The lowest BCUT2D eigenvalue weighted by atomic mass is 9.92. The summed E-state index contributed by atoms with van der Waals surface area (Å²) in [5.41, 5.74) is 2.13. The summed E-state index contributed by atoms with van der Waals surface area (Å²) in [6, 6.07) is 6.41. The monoisotopic (exact) mass is 365 g/mol. The van der Waals surface area contributed by atoms with E-state index >= 15 is 0 Å². The van der Waals surface area contributed by atoms with Gasteiger partial charge < -0.3 is 20.3 Å². The van der Waals surface area contributed by atoms with E-state index < -0.39 is 17.5 Å². The zero-order valence-corrected chi connectivity index (χ0v) is 15.6. The Hall–Kier alpha value is -2.39. The number of benzene rings is 1. The van der Waals surface area contributed by atoms with Crippen molar-refractivity contribution in [2.45, 2.75) is 12.5 Å². The number of nitrogens with one attached hydrogen (secondary N) is 3. The minimum absolute atomic E-state index is 0.212. The summed E-state index contributed by atoms with van der Waals surface area (Å²) >= 11 is 5.14. The predicted octanol–water partition coefficient (Wildman–Crippen LogP) is 0.403. The molecule has 0 unspecified atom stereocenters. The lowest BCUT2D eigenvalue weighted by molar-refractivity contribution is -0.132. The number of carbonyl (C=O) groups excluding carboxylic acids is 2. The van der Waals surface area contributed by atoms with Crippen molar-refractivity contribution in [1.82, 2.24) is 26.0 Å². The van der Waals surface area contributed by atoms with Crippen molar-refractivity contribution in [1.29, 1.82) is 0 Å². The van der Waals surface area contributed by atoms with Gasteiger partial charge in [0.2, 0.25) is 0 Å². The van der Waals surface area contributed by atoms with Gasteiger partial charge in [0.05, 0.1) is 7.11 Å². The maximum atomic E-state index is 12.8. The molecular formula is C16H23N5O3S. The fourth-order valence-corrected chi connectivity index (χ4v) is 2.59. The van der Waals surface area contributed by atoms with Crippen molar-refractivity contribution in [3.63, 3.8) is 0 Å². The van der Waals surface area contributed by atoms with Crippen LogP contribution in [0.2, 0.25) is 0 Å². The number of hydrogen-bond donors (Lipinski definition) is 3. The second kappa shape index (κ2) is 7.66. The van der Waals surface area contributed by atoms with Gasteiger partial charge in [0.15, 0.2) is 5.11 Å². The van der Waals surface area contributed by atoms with Crippen molar-refractivity contribution < 1.29 is 14.3 Å². The number of amides is 3. The largest absolute Gasteiger partial charge is 0.497 e. The first-order valence-corrected chi connectivity index (χ1v) is 8.19. The summed E-state index contributed by atoms with van der Waals surface area (Å²) in [5, 5.41) is 6.76. The number of methoxy groups -OCH3 is 1. The van der Waals surface area contributed by atoms with Crippen LogP contribution in [-0.2, 0) is 10.3 Å². The summed E-state index contributed by atoms with van der Waals surface area (Å²) in [6.45, 7) is 3.02. The Morgan fingerprint density at radius 1 is 1.32 bits per heavy atom. The van der Waals surface area contributed by atoms with E-state index in [1.807, 2.05) is 19.0 Å². The highest BCUT2D eigenvalue weighted by molar-refractivity contribution is 7.80. The van der Waals surface area contributed by atoms with Crippen molar-refractivity contribution >= 4 is 29.3 Å². The third kappa shape index (κ3) is 4.18. The molecule has 1 aliphatic heterocycles. The number of ether oxygens (including phenoxy) is 1. The first kappa shape index (κ1) is 18.9. The van der Waals surface area contributed by atoms with Crippen LogP contribution in [-0.4, -0.2) is 61.3 Å². The highest BCUT2D eigenvalue weighted by Gasteiger charge is 2.49. The number of imide groups is 1. The maximum absolute atomic E-state index is 12.8. The molecule has 1 atom stereocenters. The van der Waals surface area contributed by atoms with E-state index in [0.717, 1.165) is 11.6 Å². The molecule has 3 amide bonds. The average molecular weight is 365 g/mol. The minimum atomic E-state index is -1.17. The van der Waals surface area contributed by atoms with Gasteiger partial charge in [-0.15, -0.1) is 0 Å². The molecule has 3 N–H and O–H groups in total. The van der Waals surface area contributed by atoms with Crippen molar-refractivity contribution in [2.24, 2.45) is 0 Å². The van der Waals surface area contributed by atoms with Gasteiger partial charge in [-0.3, -0.25) is 10.2 Å². The smallest absolute Gasteiger partial charge is 0.344 e. The highest BCUT2D eigenvalue weighted by atomic mass is 32.1. The number of urea groups is 1. The van der Waals surface area contributed by atoms with Crippen molar-refractivity contribution in [3.05, 3.63) is 29.8 Å². The van der Waals surface area contributed by atoms with Gasteiger partial charge in [-0.05, 0) is 50.9 Å². The van der Waals surface area contributed by atoms with Crippen LogP contribution in [0, 0.1) is 0 Å². The molecule has 0 radical (unpaired) electrons. The normalized spacial score (nSPS) is 19.8. The Morgan fingerprint density at radius 3 is 2.52 bits per heavy atom. The lowest BCUT2D eigenvalue weighted by Gasteiger charge is -2.23. The van der Waals surface area contributed by atoms with Crippen LogP contribution < -0.4 is 20.8 Å². The topological polar surface area (TPSA) is 85.9 Å². The molecule has 136 valence electrons. The summed E-state index contributed by atoms with van der Waals surface area (Å²) < 4.78 is 5.12. The maximum Gasteiger partial charge on any atom is 0.344 e. The summed E-state index contributed by atoms with van der Waals surface area (Å²) in [7, 11) is 5.45. The number of hydrazine groups is 1. The molecule has 9 heteroatoms. The zero-order chi connectivity index (χ0) is 18.6. The second-order valence-electron chi connectivity index (χ2n) is 6.10. The Labute approximate surface area is 152 Å². The molecular weight excluding hydrogens is 342 g/mol. The van der Waals surface area contributed by atoms with E-state index in [9.17, 15) is 9.59 Å². The first-order valence-electron chi connectivity index (χ1n) is 7.78. The molecule has 1 heterocycles. The van der Waals surface area contributed by atoms with E-state index in [2.05, 4.69) is 16.1 Å². The molecule has 0 spiro atoms. The molecule has 25 heavy (non-hydrogen) atoms. The Morgan fingerprint density at radius 2 is 1.96 bits per heavy atom. The molecule has 1 aliphatic rings. The Kier molecular flexibility index (Phi) is 5.81. The van der Waals surface area contributed by atoms with Gasteiger partial charge in [0.25, 0.3) is 5.91 Å². The van der Waals surface area contributed by atoms with Crippen LogP contribution in [0.4, 0.5) is 4.79 Å². The van der Waals surface area contributed by atoms with Gasteiger partial charge in [-0.2, -0.15) is 5.01 Å². The van der Waals surface area contributed by atoms with Crippen LogP contribution in [0.15, 0.2) is 24.3 Å². The number of hydrogen-bond acceptors (Lipinski definition) is 5. The van der Waals surface area contributed by atoms with Gasteiger partial charge in [-0.25, -0.2) is 4.79 Å². The van der Waals surface area contributed by atoms with Crippen LogP contribution in [0.1, 0.15) is 12.5 Å². The van der Waals surface area contributed by atoms with Gasteiger partial charge in [-0.1, -0.05) is 12.1 Å². The predicted molar refractivity (Wildman–Crippen MR) is 98.0 cm³/mol. The SMILES string of the molecule is COc1ccc([C@]2(C)NC(=O)N(NC(=S)NCCN(C)C)C2=O)cc1. The molecule has 8 nitrogen and oxygen atoms in total. The van der Waals surface area contributed by atoms with Crippen LogP contribution in [0.5, 0.6) is 5.75 Å². The number of likely N-dealkylation sites (N-methyl/N-ethyl adjacent to an activating group) is 1. The molecule has 1 aromatic carbocycles. The van der Waals surface area contributed by atoms with Gasteiger partial charge in [0, 0.05) is 13.1 Å². The standard InChI is InChI=1S/C16H23N5O3S/c1-16(11-5-7-12(24-4)8-6-11)13(22)21(15(23)18-16)19-14(25)17-9-10-20(2)3/h5-8H,9-10H2,1-4H3,(H,18,23)(H2,17,19,25)/t16-/m0/s1. The van der Waals surface area contributed by atoms with Crippen LogP contribution >= 0.6 is 12.2 Å². The summed E-state index contributed by atoms with van der Waals surface area (Å²) in [6.07, 6.45) is 0. The number of rotatable bonds is 6. The fraction of sp³-hybridized carbons (Fsp3) is 0.438. The zero-order valence-electron chi connectivity index (χ0n) is 14.8. The molecule has 1 fully saturated rings. The van der Waals surface area contributed by atoms with Gasteiger partial charge >= 0.3 is 6.03 Å². The highest BCUT2D eigenvalue weighted by Crippen LogP contribution is 2.29. The quantitative estimate of drug-likeness (QED) is 0.497. The van der Waals surface area contributed by atoms with E-state index in [4.69, 9.17) is 17.0 Å². The molecule has 0 aromatic heterocycles. The first-order chi connectivity index (χ1) is 11.8. The van der Waals surface area contributed by atoms with Crippen LogP contribution in [0.25, 0.3) is 0 Å². The van der Waals surface area contributed by atoms with E-state index in [-0.39, 0.29) is 5.11 Å². The van der Waals surface area contributed by atoms with Crippen molar-refractivity contribution in [3.8, 4) is 5.75 Å². The average Bonchev–Trinajstić information content (AvgIpc) is 2.79. The fourth-order valence-electron chi connectivity index (χ4n) is 2.39. The summed E-state index contributed by atoms with van der Waals surface area (Å²) in [5.74, 6) is 0.241. The molecule has 2 rings (SSSR count). The van der Waals surface area contributed by atoms with Crippen LogP contribution in [0.3, 0.4) is 0 Å². The van der Waals surface area contributed by atoms with Crippen molar-refractivity contribution in [2.75, 3.05) is 34.3 Å². The third-order valence-corrected chi connectivity index (χ3v) is 4.15. The Bertz CT molecular complexity index is 664. The lowest BCUT2D eigenvalue weighted by Crippen LogP contribution is -2.51. The summed E-state index contributed by atoms with van der Waals surface area (Å²) in [4.78, 5) is 27.0. The Balaban J connectivity index is 2.06. The van der Waals surface area contributed by atoms with E-state index in [0.29, 0.717) is 17.9 Å². The number of carbonyl (C=O) groups is 2.